The third-order valence-corrected chi connectivity index (χ3v) is 10.1. The van der Waals surface area contributed by atoms with Crippen molar-refractivity contribution < 1.29 is 27.1 Å². The van der Waals surface area contributed by atoms with Crippen LogP contribution >= 0.6 is 23.2 Å². The van der Waals surface area contributed by atoms with Crippen LogP contribution in [0.4, 0.5) is 10.1 Å². The molecule has 1 unspecified atom stereocenters. The van der Waals surface area contributed by atoms with Gasteiger partial charge in [-0.3, -0.25) is 13.9 Å². The number of carbonyl (C=O) groups excluding carboxylic acids is 2. The average molecular weight is 715 g/mol. The van der Waals surface area contributed by atoms with Crippen LogP contribution in [0.1, 0.15) is 37.8 Å². The Kier molecular flexibility index (Phi) is 13.3. The van der Waals surface area contributed by atoms with Crippen molar-refractivity contribution in [2.24, 2.45) is 0 Å². The molecule has 1 N–H and O–H groups in total. The highest BCUT2D eigenvalue weighted by Gasteiger charge is 2.34. The van der Waals surface area contributed by atoms with Gasteiger partial charge in [-0.25, -0.2) is 12.8 Å². The summed E-state index contributed by atoms with van der Waals surface area (Å²) >= 11 is 12.5. The number of sulfonamides is 1. The Balaban J connectivity index is 1.80. The fourth-order valence-electron chi connectivity index (χ4n) is 5.03. The van der Waals surface area contributed by atoms with E-state index in [9.17, 15) is 22.4 Å². The van der Waals surface area contributed by atoms with Crippen LogP contribution < -0.4 is 14.4 Å². The molecular formula is C36H38Cl2FN3O5S. The molecule has 8 nitrogen and oxygen atoms in total. The number of carbonyl (C=O) groups is 2. The molecule has 0 heterocycles. The van der Waals surface area contributed by atoms with Crippen molar-refractivity contribution in [3.8, 4) is 5.75 Å². The molecule has 0 bridgehead atoms. The van der Waals surface area contributed by atoms with Crippen LogP contribution in [0.3, 0.4) is 0 Å². The topological polar surface area (TPSA) is 96.0 Å². The predicted octanol–water partition coefficient (Wildman–Crippen LogP) is 7.28. The standard InChI is InChI=1S/C36H38Cl2FN3O5S/c1-3-5-21-40-36(44)34(23-26-9-7-6-8-10-26)41(24-27-11-20-32(37)33(38)22-27)35(43)25-42(29-14-16-30(17-15-29)47-4-2)48(45,46)31-18-12-28(39)13-19-31/h6-20,22,34H,3-5,21,23-25H2,1-2H3,(H,40,44). The molecule has 2 amide bonds. The Hall–Kier alpha value is -4.12. The zero-order valence-electron chi connectivity index (χ0n) is 26.7. The molecule has 4 rings (SSSR count). The monoisotopic (exact) mass is 713 g/mol. The molecule has 0 aromatic heterocycles. The van der Waals surface area contributed by atoms with Gasteiger partial charge in [0.05, 0.1) is 27.2 Å². The summed E-state index contributed by atoms with van der Waals surface area (Å²) in [4.78, 5) is 29.6. The van der Waals surface area contributed by atoms with Crippen molar-refractivity contribution in [1.82, 2.24) is 10.2 Å². The lowest BCUT2D eigenvalue weighted by atomic mass is 10.0. The Morgan fingerprint density at radius 3 is 2.19 bits per heavy atom. The number of unbranched alkanes of at least 4 members (excludes halogenated alkanes) is 1. The van der Waals surface area contributed by atoms with Gasteiger partial charge in [-0.2, -0.15) is 0 Å². The fourth-order valence-corrected chi connectivity index (χ4v) is 6.77. The molecule has 48 heavy (non-hydrogen) atoms. The molecule has 0 aliphatic rings. The molecule has 12 heteroatoms. The number of rotatable bonds is 16. The van der Waals surface area contributed by atoms with E-state index in [-0.39, 0.29) is 34.5 Å². The second-order valence-corrected chi connectivity index (χ2v) is 13.7. The molecule has 0 saturated heterocycles. The second-order valence-electron chi connectivity index (χ2n) is 11.0. The number of nitrogens with one attached hydrogen (secondary N) is 1. The zero-order chi connectivity index (χ0) is 34.7. The summed E-state index contributed by atoms with van der Waals surface area (Å²) in [6.07, 6.45) is 1.76. The largest absolute Gasteiger partial charge is 0.494 e. The highest BCUT2D eigenvalue weighted by Crippen LogP contribution is 2.28. The number of benzene rings is 4. The molecule has 0 fully saturated rings. The van der Waals surface area contributed by atoms with Crippen LogP contribution in [0.25, 0.3) is 0 Å². The Labute approximate surface area is 291 Å². The van der Waals surface area contributed by atoms with E-state index in [0.29, 0.717) is 29.5 Å². The first-order valence-corrected chi connectivity index (χ1v) is 17.8. The molecule has 4 aromatic rings. The number of hydrogen-bond donors (Lipinski definition) is 1. The highest BCUT2D eigenvalue weighted by atomic mass is 35.5. The predicted molar refractivity (Wildman–Crippen MR) is 187 cm³/mol. The summed E-state index contributed by atoms with van der Waals surface area (Å²) in [6.45, 7) is 3.91. The number of halogens is 3. The first kappa shape index (κ1) is 36.7. The first-order chi connectivity index (χ1) is 23.0. The maximum Gasteiger partial charge on any atom is 0.264 e. The average Bonchev–Trinajstić information content (AvgIpc) is 3.08. The van der Waals surface area contributed by atoms with Crippen LogP contribution in [0.15, 0.2) is 102 Å². The molecule has 254 valence electrons. The quantitative estimate of drug-likeness (QED) is 0.123. The third kappa shape index (κ3) is 9.71. The minimum Gasteiger partial charge on any atom is -0.494 e. The van der Waals surface area contributed by atoms with Gasteiger partial charge in [-0.05, 0) is 85.1 Å². The van der Waals surface area contributed by atoms with Crippen LogP contribution in [-0.4, -0.2) is 50.9 Å². The lowest BCUT2D eigenvalue weighted by Gasteiger charge is -2.34. The van der Waals surface area contributed by atoms with E-state index in [1.807, 2.05) is 44.2 Å². The van der Waals surface area contributed by atoms with Gasteiger partial charge in [0.25, 0.3) is 10.0 Å². The molecule has 1 atom stereocenters. The van der Waals surface area contributed by atoms with E-state index in [1.165, 1.54) is 17.0 Å². The van der Waals surface area contributed by atoms with Crippen molar-refractivity contribution in [2.45, 2.75) is 50.6 Å². The molecule has 0 radical (unpaired) electrons. The van der Waals surface area contributed by atoms with Gasteiger partial charge in [-0.1, -0.05) is 72.9 Å². The van der Waals surface area contributed by atoms with Crippen LogP contribution in [0.2, 0.25) is 10.0 Å². The van der Waals surface area contributed by atoms with E-state index in [4.69, 9.17) is 27.9 Å². The van der Waals surface area contributed by atoms with Gasteiger partial charge in [0.2, 0.25) is 11.8 Å². The number of amides is 2. The van der Waals surface area contributed by atoms with Crippen LogP contribution in [0.5, 0.6) is 5.75 Å². The third-order valence-electron chi connectivity index (χ3n) is 7.55. The number of ether oxygens (including phenoxy) is 1. The Morgan fingerprint density at radius 2 is 1.56 bits per heavy atom. The molecular weight excluding hydrogens is 676 g/mol. The van der Waals surface area contributed by atoms with Crippen molar-refractivity contribution in [1.29, 1.82) is 0 Å². The van der Waals surface area contributed by atoms with Crippen molar-refractivity contribution in [3.63, 3.8) is 0 Å². The lowest BCUT2D eigenvalue weighted by Crippen LogP contribution is -2.53. The van der Waals surface area contributed by atoms with Gasteiger partial charge >= 0.3 is 0 Å². The van der Waals surface area contributed by atoms with Crippen LogP contribution in [0, 0.1) is 5.82 Å². The van der Waals surface area contributed by atoms with Crippen molar-refractivity contribution >= 4 is 50.7 Å². The maximum atomic E-state index is 14.5. The maximum absolute atomic E-state index is 14.5. The SMILES string of the molecule is CCCCNC(=O)C(Cc1ccccc1)N(Cc1ccc(Cl)c(Cl)c1)C(=O)CN(c1ccc(OCC)cc1)S(=O)(=O)c1ccc(F)cc1. The molecule has 0 spiro atoms. The number of anilines is 1. The molecule has 4 aromatic carbocycles. The molecule has 0 saturated carbocycles. The summed E-state index contributed by atoms with van der Waals surface area (Å²) in [5, 5.41) is 3.54. The normalized spacial score (nSPS) is 11.9. The Morgan fingerprint density at radius 1 is 0.875 bits per heavy atom. The van der Waals surface area contributed by atoms with E-state index < -0.39 is 34.3 Å². The summed E-state index contributed by atoms with van der Waals surface area (Å²) in [6, 6.07) is 23.8. The van der Waals surface area contributed by atoms with E-state index in [0.717, 1.165) is 47.0 Å². The minimum absolute atomic E-state index is 0.0673. The highest BCUT2D eigenvalue weighted by molar-refractivity contribution is 7.92. The van der Waals surface area contributed by atoms with E-state index >= 15 is 0 Å². The molecule has 0 aliphatic carbocycles. The Bertz CT molecular complexity index is 1780. The van der Waals surface area contributed by atoms with Crippen molar-refractivity contribution in [2.75, 3.05) is 24.0 Å². The van der Waals surface area contributed by atoms with Gasteiger partial charge in [0, 0.05) is 19.5 Å². The van der Waals surface area contributed by atoms with Gasteiger partial charge in [-0.15, -0.1) is 0 Å². The van der Waals surface area contributed by atoms with Gasteiger partial charge in [0.1, 0.15) is 24.2 Å². The number of hydrogen-bond acceptors (Lipinski definition) is 5. The van der Waals surface area contributed by atoms with E-state index in [1.54, 1.807) is 30.3 Å². The summed E-state index contributed by atoms with van der Waals surface area (Å²) in [7, 11) is -4.39. The lowest BCUT2D eigenvalue weighted by molar-refractivity contribution is -0.140. The summed E-state index contributed by atoms with van der Waals surface area (Å²) in [5.74, 6) is -1.12. The zero-order valence-corrected chi connectivity index (χ0v) is 29.1. The smallest absolute Gasteiger partial charge is 0.264 e. The summed E-state index contributed by atoms with van der Waals surface area (Å²) in [5.41, 5.74) is 1.58. The van der Waals surface area contributed by atoms with Gasteiger partial charge < -0.3 is 15.0 Å². The summed E-state index contributed by atoms with van der Waals surface area (Å²) < 4.78 is 48.5. The second kappa shape index (κ2) is 17.3. The van der Waals surface area contributed by atoms with E-state index in [2.05, 4.69) is 5.32 Å². The number of nitrogens with zero attached hydrogens (tertiary/aromatic N) is 2. The fraction of sp³-hybridized carbons (Fsp3) is 0.278. The minimum atomic E-state index is -4.39. The first-order valence-electron chi connectivity index (χ1n) is 15.6. The van der Waals surface area contributed by atoms with Gasteiger partial charge in [0.15, 0.2) is 0 Å². The molecule has 0 aliphatic heterocycles. The van der Waals surface area contributed by atoms with Crippen molar-refractivity contribution in [3.05, 3.63) is 124 Å². The van der Waals surface area contributed by atoms with Crippen LogP contribution in [-0.2, 0) is 32.6 Å².